The van der Waals surface area contributed by atoms with Crippen LogP contribution in [0.15, 0.2) is 11.6 Å². The number of hydrogen-bond acceptors (Lipinski definition) is 2. The number of amides is 1. The van der Waals surface area contributed by atoms with Gasteiger partial charge in [0.2, 0.25) is 5.91 Å². The van der Waals surface area contributed by atoms with Gasteiger partial charge in [-0.15, -0.1) is 0 Å². The molecule has 0 aromatic heterocycles. The molecular formula is C12H19NO3. The van der Waals surface area contributed by atoms with E-state index in [1.807, 2.05) is 14.0 Å². The fourth-order valence-corrected chi connectivity index (χ4v) is 2.02. The second kappa shape index (κ2) is 5.68. The van der Waals surface area contributed by atoms with Gasteiger partial charge in [-0.3, -0.25) is 4.79 Å². The molecule has 0 aromatic rings. The fraction of sp³-hybridized carbons (Fsp3) is 0.667. The first kappa shape index (κ1) is 12.7. The van der Waals surface area contributed by atoms with Crippen LogP contribution in [0.2, 0.25) is 0 Å². The Labute approximate surface area is 95.9 Å². The van der Waals surface area contributed by atoms with Gasteiger partial charge in [0.05, 0.1) is 0 Å². The molecule has 0 spiro atoms. The smallest absolute Gasteiger partial charge is 0.328 e. The van der Waals surface area contributed by atoms with Crippen LogP contribution < -0.4 is 0 Å². The Morgan fingerprint density at radius 3 is 2.44 bits per heavy atom. The summed E-state index contributed by atoms with van der Waals surface area (Å²) < 4.78 is 0. The van der Waals surface area contributed by atoms with Crippen molar-refractivity contribution < 1.29 is 14.7 Å². The second-order valence-corrected chi connectivity index (χ2v) is 4.27. The van der Waals surface area contributed by atoms with E-state index >= 15 is 0 Å². The molecule has 1 amide bonds. The minimum Gasteiger partial charge on any atom is -0.478 e. The molecule has 1 aliphatic rings. The third-order valence-electron chi connectivity index (χ3n) is 3.16. The minimum atomic E-state index is -0.884. The van der Waals surface area contributed by atoms with Gasteiger partial charge in [0, 0.05) is 25.6 Å². The molecule has 4 heteroatoms. The zero-order valence-electron chi connectivity index (χ0n) is 9.90. The molecule has 0 unspecified atom stereocenters. The van der Waals surface area contributed by atoms with Crippen molar-refractivity contribution in [1.82, 2.24) is 4.90 Å². The molecular weight excluding hydrogens is 206 g/mol. The first-order valence-corrected chi connectivity index (χ1v) is 5.72. The van der Waals surface area contributed by atoms with Gasteiger partial charge < -0.3 is 10.0 Å². The summed E-state index contributed by atoms with van der Waals surface area (Å²) in [7, 11) is 1.81. The fourth-order valence-electron chi connectivity index (χ4n) is 2.02. The van der Waals surface area contributed by atoms with E-state index in [4.69, 9.17) is 5.11 Å². The Hall–Kier alpha value is -1.32. The lowest BCUT2D eigenvalue weighted by molar-refractivity contribution is -0.134. The number of allylic oxidation sites excluding steroid dienone is 1. The Morgan fingerprint density at radius 2 is 2.00 bits per heavy atom. The highest BCUT2D eigenvalue weighted by molar-refractivity contribution is 5.81. The number of rotatable bonds is 3. The average molecular weight is 225 g/mol. The summed E-state index contributed by atoms with van der Waals surface area (Å²) in [5.41, 5.74) is 0.954. The molecule has 4 nitrogen and oxygen atoms in total. The monoisotopic (exact) mass is 225 g/mol. The van der Waals surface area contributed by atoms with Crippen molar-refractivity contribution in [1.29, 1.82) is 0 Å². The van der Waals surface area contributed by atoms with Crippen LogP contribution in [0.3, 0.4) is 0 Å². The van der Waals surface area contributed by atoms with Crippen LogP contribution in [0.5, 0.6) is 0 Å². The Balaban J connectivity index is 2.49. The van der Waals surface area contributed by atoms with Crippen molar-refractivity contribution in [2.24, 2.45) is 5.92 Å². The standard InChI is InChI=1S/C12H19NO3/c1-3-13(2)12(16)10-6-4-9(5-7-10)8-11(14)15/h8,10H,3-7H2,1-2H3,(H,14,15). The third kappa shape index (κ3) is 3.36. The number of carbonyl (C=O) groups excluding carboxylic acids is 1. The van der Waals surface area contributed by atoms with E-state index in [0.29, 0.717) is 0 Å². The number of carboxylic acids is 1. The summed E-state index contributed by atoms with van der Waals surface area (Å²) in [5, 5.41) is 8.62. The maximum absolute atomic E-state index is 11.8. The number of carbonyl (C=O) groups is 2. The van der Waals surface area contributed by atoms with Gasteiger partial charge >= 0.3 is 5.97 Å². The van der Waals surface area contributed by atoms with E-state index in [-0.39, 0.29) is 11.8 Å². The predicted molar refractivity (Wildman–Crippen MR) is 61.0 cm³/mol. The molecule has 0 atom stereocenters. The maximum Gasteiger partial charge on any atom is 0.328 e. The Bertz CT molecular complexity index is 299. The molecule has 0 heterocycles. The zero-order valence-corrected chi connectivity index (χ0v) is 9.90. The number of carboxylic acid groups (broad SMARTS) is 1. The first-order chi connectivity index (χ1) is 7.54. The van der Waals surface area contributed by atoms with Crippen molar-refractivity contribution in [3.63, 3.8) is 0 Å². The zero-order chi connectivity index (χ0) is 12.1. The summed E-state index contributed by atoms with van der Waals surface area (Å²) in [6, 6.07) is 0. The molecule has 0 bridgehead atoms. The highest BCUT2D eigenvalue weighted by Gasteiger charge is 2.25. The predicted octanol–water partition coefficient (Wildman–Crippen LogP) is 1.67. The van der Waals surface area contributed by atoms with Crippen LogP contribution in [0.4, 0.5) is 0 Å². The van der Waals surface area contributed by atoms with Crippen LogP contribution >= 0.6 is 0 Å². The molecule has 0 saturated heterocycles. The normalized spacial score (nSPS) is 20.4. The van der Waals surface area contributed by atoms with Crippen LogP contribution in [0.25, 0.3) is 0 Å². The Morgan fingerprint density at radius 1 is 1.44 bits per heavy atom. The lowest BCUT2D eigenvalue weighted by Gasteiger charge is -2.26. The lowest BCUT2D eigenvalue weighted by atomic mass is 9.85. The average Bonchev–Trinajstić information content (AvgIpc) is 2.27. The van der Waals surface area contributed by atoms with Crippen LogP contribution in [0.1, 0.15) is 32.6 Å². The van der Waals surface area contributed by atoms with Gasteiger partial charge in [-0.1, -0.05) is 5.57 Å². The maximum atomic E-state index is 11.8. The van der Waals surface area contributed by atoms with Gasteiger partial charge in [0.15, 0.2) is 0 Å². The van der Waals surface area contributed by atoms with Crippen molar-refractivity contribution in [2.75, 3.05) is 13.6 Å². The van der Waals surface area contributed by atoms with E-state index in [1.165, 1.54) is 6.08 Å². The quantitative estimate of drug-likeness (QED) is 0.743. The first-order valence-electron chi connectivity index (χ1n) is 5.72. The van der Waals surface area contributed by atoms with Crippen molar-refractivity contribution >= 4 is 11.9 Å². The minimum absolute atomic E-state index is 0.0795. The SMILES string of the molecule is CCN(C)C(=O)C1CCC(=CC(=O)O)CC1. The summed E-state index contributed by atoms with van der Waals surface area (Å²) in [4.78, 5) is 24.1. The lowest BCUT2D eigenvalue weighted by Crippen LogP contribution is -2.34. The number of aliphatic carboxylic acids is 1. The summed E-state index contributed by atoms with van der Waals surface area (Å²) in [5.74, 6) is -0.613. The number of nitrogens with zero attached hydrogens (tertiary/aromatic N) is 1. The van der Waals surface area contributed by atoms with Gasteiger partial charge in [0.25, 0.3) is 0 Å². The van der Waals surface area contributed by atoms with Gasteiger partial charge in [0.1, 0.15) is 0 Å². The van der Waals surface area contributed by atoms with Crippen LogP contribution in [-0.2, 0) is 9.59 Å². The molecule has 1 saturated carbocycles. The summed E-state index contributed by atoms with van der Waals surface area (Å²) in [6.07, 6.45) is 4.31. The molecule has 16 heavy (non-hydrogen) atoms. The largest absolute Gasteiger partial charge is 0.478 e. The topological polar surface area (TPSA) is 57.6 Å². The second-order valence-electron chi connectivity index (χ2n) is 4.27. The molecule has 1 rings (SSSR count). The third-order valence-corrected chi connectivity index (χ3v) is 3.16. The summed E-state index contributed by atoms with van der Waals surface area (Å²) >= 11 is 0. The van der Waals surface area contributed by atoms with Crippen molar-refractivity contribution in [3.8, 4) is 0 Å². The van der Waals surface area contributed by atoms with Crippen LogP contribution in [0, 0.1) is 5.92 Å². The highest BCUT2D eigenvalue weighted by atomic mass is 16.4. The molecule has 0 radical (unpaired) electrons. The highest BCUT2D eigenvalue weighted by Crippen LogP contribution is 2.29. The summed E-state index contributed by atoms with van der Waals surface area (Å²) in [6.45, 7) is 2.68. The van der Waals surface area contributed by atoms with E-state index < -0.39 is 5.97 Å². The van der Waals surface area contributed by atoms with Gasteiger partial charge in [-0.05, 0) is 32.6 Å². The molecule has 0 aliphatic heterocycles. The molecule has 90 valence electrons. The van der Waals surface area contributed by atoms with Crippen molar-refractivity contribution in [3.05, 3.63) is 11.6 Å². The van der Waals surface area contributed by atoms with Crippen LogP contribution in [-0.4, -0.2) is 35.5 Å². The number of hydrogen-bond donors (Lipinski definition) is 1. The van der Waals surface area contributed by atoms with E-state index in [0.717, 1.165) is 37.8 Å². The van der Waals surface area contributed by atoms with Crippen molar-refractivity contribution in [2.45, 2.75) is 32.6 Å². The molecule has 1 aliphatic carbocycles. The van der Waals surface area contributed by atoms with Gasteiger partial charge in [-0.25, -0.2) is 4.79 Å². The molecule has 1 fully saturated rings. The van der Waals surface area contributed by atoms with Gasteiger partial charge in [-0.2, -0.15) is 0 Å². The molecule has 1 N–H and O–H groups in total. The molecule has 0 aromatic carbocycles. The van der Waals surface area contributed by atoms with E-state index in [2.05, 4.69) is 0 Å². The Kier molecular flexibility index (Phi) is 4.52. The van der Waals surface area contributed by atoms with E-state index in [9.17, 15) is 9.59 Å². The van der Waals surface area contributed by atoms with E-state index in [1.54, 1.807) is 4.90 Å².